The van der Waals surface area contributed by atoms with Crippen molar-refractivity contribution in [1.82, 2.24) is 24.3 Å². The maximum absolute atomic E-state index is 12.6. The van der Waals surface area contributed by atoms with Gasteiger partial charge in [-0.3, -0.25) is 4.79 Å². The standard InChI is InChI=1S/C17H22N6O/c1-11(2)15-21-13-8-12(6-7-14(13)22(15)5)20-16(24)17(3,4)23-10-18-9-19-23/h6-11H,1-5H3,(H,20,24). The van der Waals surface area contributed by atoms with Crippen molar-refractivity contribution in [3.05, 3.63) is 36.7 Å². The van der Waals surface area contributed by atoms with Gasteiger partial charge in [0.25, 0.3) is 5.91 Å². The molecule has 0 spiro atoms. The summed E-state index contributed by atoms with van der Waals surface area (Å²) in [4.78, 5) is 21.2. The largest absolute Gasteiger partial charge is 0.331 e. The van der Waals surface area contributed by atoms with Crippen molar-refractivity contribution in [3.8, 4) is 0 Å². The number of aryl methyl sites for hydroxylation is 1. The number of hydrogen-bond acceptors (Lipinski definition) is 4. The van der Waals surface area contributed by atoms with Gasteiger partial charge in [0.1, 0.15) is 24.0 Å². The lowest BCUT2D eigenvalue weighted by atomic mass is 10.1. The summed E-state index contributed by atoms with van der Waals surface area (Å²) in [5, 5.41) is 7.01. The second-order valence-corrected chi connectivity index (χ2v) is 6.74. The smallest absolute Gasteiger partial charge is 0.251 e. The first-order valence-electron chi connectivity index (χ1n) is 7.93. The van der Waals surface area contributed by atoms with Crippen LogP contribution in [0.1, 0.15) is 39.4 Å². The minimum Gasteiger partial charge on any atom is -0.331 e. The van der Waals surface area contributed by atoms with E-state index >= 15 is 0 Å². The lowest BCUT2D eigenvalue weighted by Gasteiger charge is -2.23. The Kier molecular flexibility index (Phi) is 3.87. The van der Waals surface area contributed by atoms with Gasteiger partial charge in [0.05, 0.1) is 11.0 Å². The molecule has 0 saturated carbocycles. The molecule has 0 bridgehead atoms. The molecule has 2 aromatic heterocycles. The zero-order valence-electron chi connectivity index (χ0n) is 14.6. The number of fused-ring (bicyclic) bond motifs is 1. The fourth-order valence-electron chi connectivity index (χ4n) is 2.70. The monoisotopic (exact) mass is 326 g/mol. The third-order valence-corrected chi connectivity index (χ3v) is 4.24. The maximum Gasteiger partial charge on any atom is 0.251 e. The molecule has 2 heterocycles. The molecule has 0 unspecified atom stereocenters. The number of nitrogens with zero attached hydrogens (tertiary/aromatic N) is 5. The van der Waals surface area contributed by atoms with E-state index in [0.29, 0.717) is 11.6 Å². The van der Waals surface area contributed by atoms with Crippen LogP contribution in [0.2, 0.25) is 0 Å². The second kappa shape index (κ2) is 5.74. The highest BCUT2D eigenvalue weighted by Crippen LogP contribution is 2.24. The van der Waals surface area contributed by atoms with Crippen LogP contribution in [0.5, 0.6) is 0 Å². The van der Waals surface area contributed by atoms with Crippen LogP contribution in [0.3, 0.4) is 0 Å². The molecule has 3 rings (SSSR count). The van der Waals surface area contributed by atoms with Crippen molar-refractivity contribution in [2.45, 2.75) is 39.2 Å². The molecule has 1 N–H and O–H groups in total. The minimum atomic E-state index is -0.835. The van der Waals surface area contributed by atoms with Crippen LogP contribution in [-0.4, -0.2) is 30.2 Å². The normalized spacial score (nSPS) is 12.1. The Hall–Kier alpha value is -2.70. The van der Waals surface area contributed by atoms with Gasteiger partial charge in [-0.15, -0.1) is 0 Å². The molecule has 1 amide bonds. The SMILES string of the molecule is CC(C)c1nc2cc(NC(=O)C(C)(C)n3cncn3)ccc2n1C. The molecule has 24 heavy (non-hydrogen) atoms. The molecule has 1 aromatic carbocycles. The van der Waals surface area contributed by atoms with Crippen LogP contribution in [0.15, 0.2) is 30.9 Å². The Balaban J connectivity index is 1.89. The van der Waals surface area contributed by atoms with E-state index in [1.807, 2.05) is 25.2 Å². The summed E-state index contributed by atoms with van der Waals surface area (Å²) in [5.74, 6) is 1.20. The van der Waals surface area contributed by atoms with Gasteiger partial charge in [0.15, 0.2) is 0 Å². The highest BCUT2D eigenvalue weighted by molar-refractivity contribution is 5.97. The van der Waals surface area contributed by atoms with Crippen molar-refractivity contribution in [2.75, 3.05) is 5.32 Å². The van der Waals surface area contributed by atoms with E-state index in [4.69, 9.17) is 0 Å². The molecule has 7 nitrogen and oxygen atoms in total. The van der Waals surface area contributed by atoms with Gasteiger partial charge >= 0.3 is 0 Å². The molecular weight excluding hydrogens is 304 g/mol. The van der Waals surface area contributed by atoms with Gasteiger partial charge in [-0.1, -0.05) is 13.8 Å². The number of anilines is 1. The summed E-state index contributed by atoms with van der Waals surface area (Å²) in [5.41, 5.74) is 1.80. The zero-order chi connectivity index (χ0) is 17.5. The lowest BCUT2D eigenvalue weighted by Crippen LogP contribution is -2.40. The summed E-state index contributed by atoms with van der Waals surface area (Å²) < 4.78 is 3.63. The van der Waals surface area contributed by atoms with E-state index in [-0.39, 0.29) is 5.91 Å². The first-order chi connectivity index (χ1) is 11.3. The molecule has 126 valence electrons. The predicted octanol–water partition coefficient (Wildman–Crippen LogP) is 2.66. The quantitative estimate of drug-likeness (QED) is 0.799. The van der Waals surface area contributed by atoms with Crippen molar-refractivity contribution in [1.29, 1.82) is 0 Å². The number of nitrogens with one attached hydrogen (secondary N) is 1. The van der Waals surface area contributed by atoms with Crippen LogP contribution >= 0.6 is 0 Å². The fourth-order valence-corrected chi connectivity index (χ4v) is 2.70. The van der Waals surface area contributed by atoms with E-state index in [9.17, 15) is 4.79 Å². The van der Waals surface area contributed by atoms with Gasteiger partial charge in [-0.2, -0.15) is 5.10 Å². The molecule has 7 heteroatoms. The average molecular weight is 326 g/mol. The van der Waals surface area contributed by atoms with Crippen molar-refractivity contribution >= 4 is 22.6 Å². The molecule has 0 radical (unpaired) electrons. The predicted molar refractivity (Wildman–Crippen MR) is 92.8 cm³/mol. The minimum absolute atomic E-state index is 0.160. The molecule has 0 saturated heterocycles. The van der Waals surface area contributed by atoms with E-state index in [0.717, 1.165) is 16.9 Å². The first-order valence-corrected chi connectivity index (χ1v) is 7.93. The van der Waals surface area contributed by atoms with E-state index in [1.165, 1.54) is 12.7 Å². The molecule has 0 fully saturated rings. The third-order valence-electron chi connectivity index (χ3n) is 4.24. The number of benzene rings is 1. The molecular formula is C17H22N6O. The summed E-state index contributed by atoms with van der Waals surface area (Å²) in [6.45, 7) is 7.83. The Bertz CT molecular complexity index is 876. The highest BCUT2D eigenvalue weighted by atomic mass is 16.2. The summed E-state index contributed by atoms with van der Waals surface area (Å²) in [6.07, 6.45) is 2.96. The number of carbonyl (C=O) groups excluding carboxylic acids is 1. The topological polar surface area (TPSA) is 77.6 Å². The number of carbonyl (C=O) groups is 1. The van der Waals surface area contributed by atoms with Gasteiger partial charge < -0.3 is 9.88 Å². The van der Waals surface area contributed by atoms with Crippen molar-refractivity contribution in [2.24, 2.45) is 7.05 Å². The Morgan fingerprint density at radius 2 is 2.04 bits per heavy atom. The zero-order valence-corrected chi connectivity index (χ0v) is 14.6. The molecule has 0 aliphatic carbocycles. The molecule has 0 aliphatic rings. The van der Waals surface area contributed by atoms with E-state index < -0.39 is 5.54 Å². The number of aromatic nitrogens is 5. The Morgan fingerprint density at radius 3 is 2.67 bits per heavy atom. The number of hydrogen-bond donors (Lipinski definition) is 1. The fraction of sp³-hybridized carbons (Fsp3) is 0.412. The first kappa shape index (κ1) is 16.2. The molecule has 3 aromatic rings. The summed E-state index contributed by atoms with van der Waals surface area (Å²) in [7, 11) is 2.01. The van der Waals surface area contributed by atoms with Crippen LogP contribution in [0, 0.1) is 0 Å². The number of amides is 1. The lowest BCUT2D eigenvalue weighted by molar-refractivity contribution is -0.123. The van der Waals surface area contributed by atoms with Crippen molar-refractivity contribution < 1.29 is 4.79 Å². The van der Waals surface area contributed by atoms with Gasteiger partial charge in [-0.05, 0) is 32.0 Å². The Morgan fingerprint density at radius 1 is 1.29 bits per heavy atom. The van der Waals surface area contributed by atoms with Gasteiger partial charge in [0, 0.05) is 18.7 Å². The third kappa shape index (κ3) is 2.66. The summed E-state index contributed by atoms with van der Waals surface area (Å²) >= 11 is 0. The summed E-state index contributed by atoms with van der Waals surface area (Å²) in [6, 6.07) is 5.77. The number of imidazole rings is 1. The second-order valence-electron chi connectivity index (χ2n) is 6.74. The Labute approximate surface area is 140 Å². The van der Waals surface area contributed by atoms with Crippen LogP contribution in [0.4, 0.5) is 5.69 Å². The van der Waals surface area contributed by atoms with Crippen LogP contribution < -0.4 is 5.32 Å². The molecule has 0 aliphatic heterocycles. The van der Waals surface area contributed by atoms with E-state index in [1.54, 1.807) is 18.5 Å². The van der Waals surface area contributed by atoms with Crippen molar-refractivity contribution in [3.63, 3.8) is 0 Å². The number of rotatable bonds is 4. The average Bonchev–Trinajstić information content (AvgIpc) is 3.16. The van der Waals surface area contributed by atoms with Gasteiger partial charge in [-0.25, -0.2) is 14.6 Å². The highest BCUT2D eigenvalue weighted by Gasteiger charge is 2.30. The van der Waals surface area contributed by atoms with E-state index in [2.05, 4.69) is 38.8 Å². The molecule has 0 atom stereocenters. The maximum atomic E-state index is 12.6. The van der Waals surface area contributed by atoms with Gasteiger partial charge in [0.2, 0.25) is 0 Å². The van der Waals surface area contributed by atoms with Crippen LogP contribution in [0.25, 0.3) is 11.0 Å². The van der Waals surface area contributed by atoms with Crippen LogP contribution in [-0.2, 0) is 17.4 Å².